The van der Waals surface area contributed by atoms with Crippen LogP contribution in [0.1, 0.15) is 0 Å². The predicted octanol–water partition coefficient (Wildman–Crippen LogP) is -3.02. The number of methoxy groups -OCH3 is 3. The first-order valence-electron chi connectivity index (χ1n) is 4.46. The van der Waals surface area contributed by atoms with Crippen molar-refractivity contribution in [2.24, 2.45) is 0 Å². The van der Waals surface area contributed by atoms with Gasteiger partial charge in [0.1, 0.15) is 0 Å². The fourth-order valence-corrected chi connectivity index (χ4v) is 0.250. The van der Waals surface area contributed by atoms with Crippen molar-refractivity contribution in [1.82, 2.24) is 0 Å². The minimum atomic E-state index is -0.128. The van der Waals surface area contributed by atoms with Gasteiger partial charge in [-0.2, -0.15) is 0 Å². The van der Waals surface area contributed by atoms with E-state index in [0.29, 0.717) is 19.8 Å². The first-order chi connectivity index (χ1) is 7.24. The molecule has 0 N–H and O–H groups in total. The number of ether oxygens (including phenoxy) is 3. The third-order valence-corrected chi connectivity index (χ3v) is 0.862. The molecule has 6 nitrogen and oxygen atoms in total. The van der Waals surface area contributed by atoms with Crippen molar-refractivity contribution < 1.29 is 76.5 Å². The van der Waals surface area contributed by atoms with E-state index >= 15 is 0 Å². The Kier molecular flexibility index (Phi) is 58.4. The summed E-state index contributed by atoms with van der Waals surface area (Å²) in [4.78, 5) is 0. The van der Waals surface area contributed by atoms with Crippen molar-refractivity contribution in [1.29, 1.82) is 0 Å². The fraction of sp³-hybridized carbons (Fsp3) is 1.00. The van der Waals surface area contributed by atoms with Gasteiger partial charge in [0.05, 0.1) is 0 Å². The summed E-state index contributed by atoms with van der Waals surface area (Å²) in [5.74, 6) is 0. The van der Waals surface area contributed by atoms with E-state index in [2.05, 4.69) is 14.2 Å². The van der Waals surface area contributed by atoms with Gasteiger partial charge in [-0.1, -0.05) is 0 Å². The van der Waals surface area contributed by atoms with Gasteiger partial charge < -0.3 is 29.5 Å². The summed E-state index contributed by atoms with van der Waals surface area (Å²) in [5.41, 5.74) is 0. The molecule has 0 rings (SSSR count). The van der Waals surface area contributed by atoms with E-state index in [9.17, 15) is 15.3 Å². The molecule has 16 heavy (non-hydrogen) atoms. The molecular formula is C9H21O6Yb. The third-order valence-electron chi connectivity index (χ3n) is 0.862. The van der Waals surface area contributed by atoms with Crippen LogP contribution in [0.5, 0.6) is 0 Å². The summed E-state index contributed by atoms with van der Waals surface area (Å²) in [5, 5.41) is 28.2. The maximum Gasteiger partial charge on any atom is 3.00 e. The molecule has 0 unspecified atom stereocenters. The SMILES string of the molecule is COCC[O-].COCC[O-].COCC[O-].[Yb+3]. The Bertz CT molecular complexity index is 56.8. The van der Waals surface area contributed by atoms with Crippen LogP contribution < -0.4 is 15.3 Å². The summed E-state index contributed by atoms with van der Waals surface area (Å²) in [6.07, 6.45) is 0. The third kappa shape index (κ3) is 58.8. The van der Waals surface area contributed by atoms with E-state index in [0.717, 1.165) is 0 Å². The Morgan fingerprint density at radius 2 is 0.812 bits per heavy atom. The quantitative estimate of drug-likeness (QED) is 0.473. The Morgan fingerprint density at radius 3 is 0.812 bits per heavy atom. The molecule has 0 aromatic rings. The Hall–Kier alpha value is 1.28. The van der Waals surface area contributed by atoms with E-state index < -0.39 is 0 Å². The monoisotopic (exact) mass is 399 g/mol. The number of rotatable bonds is 6. The largest absolute Gasteiger partial charge is 3.00 e. The molecule has 0 heterocycles. The van der Waals surface area contributed by atoms with E-state index in [1.165, 1.54) is 21.3 Å². The molecule has 7 heteroatoms. The average molecular weight is 398 g/mol. The minimum absolute atomic E-state index is 0. The van der Waals surface area contributed by atoms with Crippen LogP contribution in [0, 0.1) is 46.9 Å². The maximum absolute atomic E-state index is 9.40. The van der Waals surface area contributed by atoms with Gasteiger partial charge in [0.2, 0.25) is 0 Å². The van der Waals surface area contributed by atoms with Crippen molar-refractivity contribution in [3.05, 3.63) is 0 Å². The van der Waals surface area contributed by atoms with E-state index in [1.54, 1.807) is 0 Å². The molecular weight excluding hydrogens is 377 g/mol. The summed E-state index contributed by atoms with van der Waals surface area (Å²) >= 11 is 0. The zero-order valence-corrected chi connectivity index (χ0v) is 11.7. The zero-order chi connectivity index (χ0) is 12.4. The topological polar surface area (TPSA) is 96.9 Å². The Balaban J connectivity index is -0.0000000655. The van der Waals surface area contributed by atoms with Gasteiger partial charge in [0.15, 0.2) is 0 Å². The number of hydrogen-bond acceptors (Lipinski definition) is 6. The number of hydrogen-bond donors (Lipinski definition) is 0. The molecule has 1 radical (unpaired) electrons. The van der Waals surface area contributed by atoms with Crippen molar-refractivity contribution in [3.63, 3.8) is 0 Å². The Morgan fingerprint density at radius 1 is 0.625 bits per heavy atom. The first kappa shape index (κ1) is 26.0. The second kappa shape index (κ2) is 36.0. The smallest absolute Gasteiger partial charge is 0.853 e. The molecule has 0 bridgehead atoms. The van der Waals surface area contributed by atoms with Crippen molar-refractivity contribution in [2.75, 3.05) is 61.0 Å². The molecule has 0 spiro atoms. The normalized spacial score (nSPS) is 7.88. The molecule has 0 saturated carbocycles. The van der Waals surface area contributed by atoms with Crippen LogP contribution in [0.25, 0.3) is 0 Å². The standard InChI is InChI=1S/3C3H7O2.Yb/c3*1-5-3-2-4;/h3*2-3H2,1H3;/q3*-1;+3. The minimum Gasteiger partial charge on any atom is -0.853 e. The van der Waals surface area contributed by atoms with Gasteiger partial charge in [0.25, 0.3) is 0 Å². The molecule has 0 aromatic heterocycles. The van der Waals surface area contributed by atoms with Crippen LogP contribution in [0.3, 0.4) is 0 Å². The molecule has 107 valence electrons. The summed E-state index contributed by atoms with van der Waals surface area (Å²) in [7, 11) is 4.54. The predicted molar refractivity (Wildman–Crippen MR) is 50.2 cm³/mol. The van der Waals surface area contributed by atoms with Crippen LogP contribution in [0.15, 0.2) is 0 Å². The van der Waals surface area contributed by atoms with Gasteiger partial charge >= 0.3 is 46.9 Å². The summed E-state index contributed by atoms with van der Waals surface area (Å²) in [6, 6.07) is 0. The molecule has 0 atom stereocenters. The van der Waals surface area contributed by atoms with Gasteiger partial charge in [-0.15, -0.1) is 19.8 Å². The van der Waals surface area contributed by atoms with E-state index in [4.69, 9.17) is 0 Å². The van der Waals surface area contributed by atoms with Gasteiger partial charge in [-0.05, 0) is 0 Å². The maximum atomic E-state index is 9.40. The van der Waals surface area contributed by atoms with Crippen molar-refractivity contribution >= 4 is 0 Å². The van der Waals surface area contributed by atoms with Crippen LogP contribution >= 0.6 is 0 Å². The van der Waals surface area contributed by atoms with Gasteiger partial charge in [0, 0.05) is 41.2 Å². The Labute approximate surface area is 136 Å². The molecule has 0 amide bonds. The molecule has 0 fully saturated rings. The van der Waals surface area contributed by atoms with Crippen LogP contribution in [-0.2, 0) is 14.2 Å². The van der Waals surface area contributed by atoms with Crippen LogP contribution in [0.4, 0.5) is 0 Å². The fourth-order valence-electron chi connectivity index (χ4n) is 0.250. The second-order valence-corrected chi connectivity index (χ2v) is 2.09. The average Bonchev–Trinajstić information content (AvgIpc) is 2.23. The molecule has 0 saturated heterocycles. The summed E-state index contributed by atoms with van der Waals surface area (Å²) in [6.45, 7) is 0.615. The van der Waals surface area contributed by atoms with Gasteiger partial charge in [-0.25, -0.2) is 0 Å². The molecule has 0 aliphatic heterocycles. The van der Waals surface area contributed by atoms with E-state index in [-0.39, 0.29) is 66.7 Å². The van der Waals surface area contributed by atoms with Crippen LogP contribution in [-0.4, -0.2) is 61.0 Å². The van der Waals surface area contributed by atoms with Crippen molar-refractivity contribution in [2.45, 2.75) is 0 Å². The molecule has 0 aromatic carbocycles. The molecule has 0 aliphatic carbocycles. The zero-order valence-electron chi connectivity index (χ0n) is 9.96. The van der Waals surface area contributed by atoms with Crippen molar-refractivity contribution in [3.8, 4) is 0 Å². The molecule has 0 aliphatic rings. The second-order valence-electron chi connectivity index (χ2n) is 2.09. The van der Waals surface area contributed by atoms with E-state index in [1.807, 2.05) is 0 Å². The van der Waals surface area contributed by atoms with Crippen LogP contribution in [0.2, 0.25) is 0 Å². The first-order valence-corrected chi connectivity index (χ1v) is 4.46. The summed E-state index contributed by atoms with van der Waals surface area (Å²) < 4.78 is 13.1. The van der Waals surface area contributed by atoms with Gasteiger partial charge in [-0.3, -0.25) is 0 Å².